The van der Waals surface area contributed by atoms with Crippen LogP contribution in [0.15, 0.2) is 46.3 Å². The van der Waals surface area contributed by atoms with Gasteiger partial charge in [0.2, 0.25) is 0 Å². The van der Waals surface area contributed by atoms with Crippen molar-refractivity contribution in [2.45, 2.75) is 62.9 Å². The minimum atomic E-state index is -0.220. The molecule has 0 spiro atoms. The molecule has 0 atom stereocenters. The summed E-state index contributed by atoms with van der Waals surface area (Å²) in [6.07, 6.45) is 5.40. The number of fused-ring (bicyclic) bond motifs is 2. The highest BCUT2D eigenvalue weighted by molar-refractivity contribution is 7.98. The average molecular weight is 451 g/mol. The Kier molecular flexibility index (Phi) is 5.76. The van der Waals surface area contributed by atoms with E-state index in [9.17, 15) is 9.18 Å². The van der Waals surface area contributed by atoms with E-state index in [0.29, 0.717) is 24.1 Å². The van der Waals surface area contributed by atoms with Gasteiger partial charge in [0.1, 0.15) is 11.5 Å². The van der Waals surface area contributed by atoms with Crippen LogP contribution in [-0.4, -0.2) is 19.5 Å². The Hall–Kier alpha value is -2.67. The van der Waals surface area contributed by atoms with Crippen LogP contribution in [-0.2, 0) is 12.2 Å². The van der Waals surface area contributed by atoms with Crippen LogP contribution in [0.2, 0.25) is 0 Å². The summed E-state index contributed by atoms with van der Waals surface area (Å²) < 4.78 is 15.6. The molecule has 2 aromatic heterocycles. The highest BCUT2D eigenvalue weighted by atomic mass is 32.2. The van der Waals surface area contributed by atoms with Crippen molar-refractivity contribution >= 4 is 33.8 Å². The predicted octanol–water partition coefficient (Wildman–Crippen LogP) is 6.02. The summed E-state index contributed by atoms with van der Waals surface area (Å²) in [7, 11) is 0. The number of aromatic amines is 1. The molecule has 0 amide bonds. The summed E-state index contributed by atoms with van der Waals surface area (Å²) in [6, 6.07) is 11.1. The molecule has 0 bridgehead atoms. The first-order valence-corrected chi connectivity index (χ1v) is 12.3. The van der Waals surface area contributed by atoms with E-state index in [0.717, 1.165) is 51.4 Å². The van der Waals surface area contributed by atoms with Crippen molar-refractivity contribution in [1.82, 2.24) is 19.5 Å². The molecule has 32 heavy (non-hydrogen) atoms. The van der Waals surface area contributed by atoms with Crippen molar-refractivity contribution < 1.29 is 4.39 Å². The molecule has 0 unspecified atom stereocenters. The van der Waals surface area contributed by atoms with Crippen molar-refractivity contribution in [1.29, 1.82) is 0 Å². The fourth-order valence-electron chi connectivity index (χ4n) is 4.56. The van der Waals surface area contributed by atoms with Crippen LogP contribution < -0.4 is 5.56 Å². The normalized spacial score (nSPS) is 14.9. The number of hydrogen-bond donors (Lipinski definition) is 1. The summed E-state index contributed by atoms with van der Waals surface area (Å²) >= 11 is 1.68. The van der Waals surface area contributed by atoms with E-state index < -0.39 is 0 Å². The molecule has 5 rings (SSSR count). The summed E-state index contributed by atoms with van der Waals surface area (Å²) in [4.78, 5) is 25.2. The smallest absolute Gasteiger partial charge is 0.270 e. The number of thioether (sulfide) groups is 1. The van der Waals surface area contributed by atoms with Crippen molar-refractivity contribution in [3.63, 3.8) is 0 Å². The Morgan fingerprint density at radius 2 is 1.88 bits per heavy atom. The van der Waals surface area contributed by atoms with Crippen molar-refractivity contribution in [3.8, 4) is 0 Å². The van der Waals surface area contributed by atoms with Crippen LogP contribution in [0, 0.1) is 11.7 Å². The number of halogens is 1. The van der Waals surface area contributed by atoms with Crippen molar-refractivity contribution in [2.75, 3.05) is 0 Å². The van der Waals surface area contributed by atoms with Crippen LogP contribution in [0.4, 0.5) is 4.39 Å². The fraction of sp³-hybridized carbons (Fsp3) is 0.400. The van der Waals surface area contributed by atoms with E-state index in [-0.39, 0.29) is 11.4 Å². The number of benzene rings is 2. The largest absolute Gasteiger partial charge is 0.319 e. The second-order valence-electron chi connectivity index (χ2n) is 9.09. The van der Waals surface area contributed by atoms with Gasteiger partial charge in [-0.2, -0.15) is 0 Å². The molecule has 0 aliphatic heterocycles. The Morgan fingerprint density at radius 1 is 1.12 bits per heavy atom. The van der Waals surface area contributed by atoms with E-state index in [1.165, 1.54) is 25.0 Å². The molecule has 7 heteroatoms. The van der Waals surface area contributed by atoms with E-state index >= 15 is 0 Å². The van der Waals surface area contributed by atoms with Gasteiger partial charge in [-0.15, -0.1) is 0 Å². The number of imidazole rings is 1. The zero-order chi connectivity index (χ0) is 22.2. The predicted molar refractivity (Wildman–Crippen MR) is 128 cm³/mol. The Morgan fingerprint density at radius 3 is 2.59 bits per heavy atom. The van der Waals surface area contributed by atoms with E-state index in [1.54, 1.807) is 11.8 Å². The van der Waals surface area contributed by atoms with Crippen LogP contribution in [0.25, 0.3) is 22.1 Å². The third-order valence-electron chi connectivity index (χ3n) is 6.11. The Labute approximate surface area is 190 Å². The number of H-pyrrole nitrogens is 1. The first-order chi connectivity index (χ1) is 15.5. The molecule has 1 fully saturated rings. The highest BCUT2D eigenvalue weighted by Crippen LogP contribution is 2.38. The van der Waals surface area contributed by atoms with Gasteiger partial charge in [0.25, 0.3) is 5.56 Å². The molecule has 4 aromatic rings. The molecule has 0 saturated heterocycles. The Balaban J connectivity index is 1.59. The second-order valence-corrected chi connectivity index (χ2v) is 10.0. The maximum Gasteiger partial charge on any atom is 0.270 e. The number of hydrogen-bond acceptors (Lipinski definition) is 4. The maximum atomic E-state index is 13.3. The van der Waals surface area contributed by atoms with Crippen molar-refractivity contribution in [2.24, 2.45) is 5.92 Å². The SMILES string of the molecule is CC(C)Cc1nc2cc3c(cc2[nH]c1=O)nc(SCc1ccc(F)cc1)n3C1CCCC1. The molecule has 2 heterocycles. The molecule has 1 aliphatic rings. The van der Waals surface area contributed by atoms with Gasteiger partial charge in [-0.05, 0) is 55.0 Å². The molecular formula is C25H27FN4OS. The van der Waals surface area contributed by atoms with Gasteiger partial charge in [-0.1, -0.05) is 50.6 Å². The zero-order valence-electron chi connectivity index (χ0n) is 18.4. The van der Waals surface area contributed by atoms with Gasteiger partial charge < -0.3 is 9.55 Å². The van der Waals surface area contributed by atoms with Gasteiger partial charge in [0.15, 0.2) is 5.16 Å². The topological polar surface area (TPSA) is 63.6 Å². The van der Waals surface area contributed by atoms with Gasteiger partial charge >= 0.3 is 0 Å². The first-order valence-electron chi connectivity index (χ1n) is 11.3. The standard InChI is InChI=1S/C25H27FN4OS/c1-15(2)11-22-24(31)28-19-12-21-23(13-20(19)27-22)30(18-5-3-4-6-18)25(29-21)32-14-16-7-9-17(26)10-8-16/h7-10,12-13,15,18H,3-6,11,14H2,1-2H3,(H,28,31). The van der Waals surface area contributed by atoms with Crippen LogP contribution >= 0.6 is 11.8 Å². The highest BCUT2D eigenvalue weighted by Gasteiger charge is 2.24. The average Bonchev–Trinajstić information content (AvgIpc) is 3.39. The van der Waals surface area contributed by atoms with Gasteiger partial charge in [-0.3, -0.25) is 4.79 Å². The number of nitrogens with zero attached hydrogens (tertiary/aromatic N) is 3. The number of nitrogens with one attached hydrogen (secondary N) is 1. The Bertz CT molecular complexity index is 1320. The van der Waals surface area contributed by atoms with Crippen LogP contribution in [0.3, 0.4) is 0 Å². The molecule has 1 saturated carbocycles. The lowest BCUT2D eigenvalue weighted by molar-refractivity contribution is 0.494. The molecule has 0 radical (unpaired) electrons. The second kappa shape index (κ2) is 8.70. The summed E-state index contributed by atoms with van der Waals surface area (Å²) in [5.41, 5.74) is 5.01. The van der Waals surface area contributed by atoms with E-state index in [1.807, 2.05) is 18.2 Å². The lowest BCUT2D eigenvalue weighted by atomic mass is 10.1. The van der Waals surface area contributed by atoms with E-state index in [2.05, 4.69) is 29.5 Å². The summed E-state index contributed by atoms with van der Waals surface area (Å²) in [5.74, 6) is 0.869. The molecular weight excluding hydrogens is 423 g/mol. The minimum absolute atomic E-state index is 0.119. The maximum absolute atomic E-state index is 13.3. The third-order valence-corrected chi connectivity index (χ3v) is 7.14. The van der Waals surface area contributed by atoms with Crippen LogP contribution in [0.5, 0.6) is 0 Å². The summed E-state index contributed by atoms with van der Waals surface area (Å²) in [5, 5.41) is 0.969. The van der Waals surface area contributed by atoms with E-state index in [4.69, 9.17) is 9.97 Å². The number of aromatic nitrogens is 4. The molecule has 5 nitrogen and oxygen atoms in total. The lowest BCUT2D eigenvalue weighted by Crippen LogP contribution is -2.17. The van der Waals surface area contributed by atoms with Gasteiger partial charge in [0.05, 0.1) is 22.1 Å². The monoisotopic (exact) mass is 450 g/mol. The fourth-order valence-corrected chi connectivity index (χ4v) is 5.60. The molecule has 166 valence electrons. The molecule has 2 aromatic carbocycles. The van der Waals surface area contributed by atoms with Crippen molar-refractivity contribution in [3.05, 3.63) is 63.8 Å². The lowest BCUT2D eigenvalue weighted by Gasteiger charge is -2.16. The first kappa shape index (κ1) is 21.2. The summed E-state index contributed by atoms with van der Waals surface area (Å²) in [6.45, 7) is 4.18. The quantitative estimate of drug-likeness (QED) is 0.365. The zero-order valence-corrected chi connectivity index (χ0v) is 19.2. The van der Waals surface area contributed by atoms with Crippen LogP contribution in [0.1, 0.15) is 56.8 Å². The third kappa shape index (κ3) is 4.18. The number of rotatable bonds is 6. The van der Waals surface area contributed by atoms with Gasteiger partial charge in [-0.25, -0.2) is 14.4 Å². The van der Waals surface area contributed by atoms with Gasteiger partial charge in [0, 0.05) is 11.8 Å². The minimum Gasteiger partial charge on any atom is -0.319 e. The molecule has 1 aliphatic carbocycles. The molecule has 1 N–H and O–H groups in total.